The average molecular weight is 816 g/mol. The van der Waals surface area contributed by atoms with E-state index in [9.17, 15) is 5.26 Å². The first-order valence-corrected chi connectivity index (χ1v) is 21.5. The Balaban J connectivity index is 0.865. The average Bonchev–Trinajstić information content (AvgIpc) is 3.89. The van der Waals surface area contributed by atoms with Crippen LogP contribution in [0, 0.1) is 11.3 Å². The van der Waals surface area contributed by atoms with E-state index in [1.54, 1.807) is 0 Å². The highest BCUT2D eigenvalue weighted by Crippen LogP contribution is 2.38. The summed E-state index contributed by atoms with van der Waals surface area (Å²) < 4.78 is 4.65. The summed E-state index contributed by atoms with van der Waals surface area (Å²) >= 11 is 0. The molecule has 0 radical (unpaired) electrons. The van der Waals surface area contributed by atoms with Crippen molar-refractivity contribution in [3.63, 3.8) is 0 Å². The van der Waals surface area contributed by atoms with Gasteiger partial charge in [-0.2, -0.15) is 5.26 Å². The summed E-state index contributed by atoms with van der Waals surface area (Å²) in [5.41, 5.74) is 16.1. The summed E-state index contributed by atoms with van der Waals surface area (Å²) in [6.07, 6.45) is 0. The number of aromatic nitrogens is 4. The van der Waals surface area contributed by atoms with Crippen molar-refractivity contribution in [2.45, 2.75) is 0 Å². The van der Waals surface area contributed by atoms with Crippen LogP contribution < -0.4 is 0 Å². The van der Waals surface area contributed by atoms with Gasteiger partial charge in [0.25, 0.3) is 0 Å². The van der Waals surface area contributed by atoms with Crippen LogP contribution in [0.2, 0.25) is 0 Å². The number of nitriles is 1. The zero-order valence-electron chi connectivity index (χ0n) is 34.6. The lowest BCUT2D eigenvalue weighted by atomic mass is 9.96. The second-order valence-corrected chi connectivity index (χ2v) is 16.1. The topological polar surface area (TPSA) is 59.4 Å². The predicted octanol–water partition coefficient (Wildman–Crippen LogP) is 14.9. The minimum absolute atomic E-state index is 0.622. The van der Waals surface area contributed by atoms with E-state index in [-0.39, 0.29) is 0 Å². The molecule has 0 spiro atoms. The quantitative estimate of drug-likeness (QED) is 0.161. The summed E-state index contributed by atoms with van der Waals surface area (Å²) in [7, 11) is 0. The van der Waals surface area contributed by atoms with Crippen molar-refractivity contribution >= 4 is 43.6 Å². The van der Waals surface area contributed by atoms with E-state index in [2.05, 4.69) is 185 Å². The van der Waals surface area contributed by atoms with Gasteiger partial charge < -0.3 is 9.13 Å². The zero-order valence-corrected chi connectivity index (χ0v) is 34.6. The van der Waals surface area contributed by atoms with Crippen LogP contribution in [0.3, 0.4) is 0 Å². The van der Waals surface area contributed by atoms with Gasteiger partial charge in [-0.3, -0.25) is 0 Å². The number of nitrogens with zero attached hydrogens (tertiary/aromatic N) is 5. The van der Waals surface area contributed by atoms with Gasteiger partial charge in [0.2, 0.25) is 0 Å². The molecule has 0 amide bonds. The van der Waals surface area contributed by atoms with Gasteiger partial charge in [-0.05, 0) is 76.9 Å². The molecule has 0 aliphatic rings. The van der Waals surface area contributed by atoms with Crippen molar-refractivity contribution in [2.24, 2.45) is 0 Å². The molecule has 0 N–H and O–H groups in total. The van der Waals surface area contributed by atoms with Crippen LogP contribution in [0.1, 0.15) is 5.56 Å². The van der Waals surface area contributed by atoms with Crippen LogP contribution in [0.4, 0.5) is 0 Å². The Morgan fingerprint density at radius 3 is 1.31 bits per heavy atom. The van der Waals surface area contributed by atoms with E-state index in [0.717, 1.165) is 83.5 Å². The first-order chi connectivity index (χ1) is 31.7. The first-order valence-electron chi connectivity index (χ1n) is 21.5. The summed E-state index contributed by atoms with van der Waals surface area (Å²) in [5.74, 6) is 0.696. The number of rotatable bonds is 7. The summed E-state index contributed by atoms with van der Waals surface area (Å²) in [6.45, 7) is 0. The van der Waals surface area contributed by atoms with Crippen LogP contribution >= 0.6 is 0 Å². The van der Waals surface area contributed by atoms with E-state index in [4.69, 9.17) is 9.97 Å². The fraction of sp³-hybridized carbons (Fsp3) is 0. The third kappa shape index (κ3) is 6.24. The van der Waals surface area contributed by atoms with Crippen molar-refractivity contribution in [1.29, 1.82) is 5.26 Å². The molecule has 298 valence electrons. The number of hydrogen-bond donors (Lipinski definition) is 0. The molecular weight excluding hydrogens is 779 g/mol. The van der Waals surface area contributed by atoms with Gasteiger partial charge in [0.05, 0.1) is 45.1 Å². The number of hydrogen-bond acceptors (Lipinski definition) is 3. The highest BCUT2D eigenvalue weighted by molar-refractivity contribution is 6.12. The Bertz CT molecular complexity index is 3650. The predicted molar refractivity (Wildman–Crippen MR) is 263 cm³/mol. The fourth-order valence-corrected chi connectivity index (χ4v) is 9.34. The fourth-order valence-electron chi connectivity index (χ4n) is 9.34. The van der Waals surface area contributed by atoms with Crippen LogP contribution in [0.5, 0.6) is 0 Å². The third-order valence-electron chi connectivity index (χ3n) is 12.4. The van der Waals surface area contributed by atoms with Gasteiger partial charge in [0, 0.05) is 49.6 Å². The van der Waals surface area contributed by atoms with E-state index < -0.39 is 0 Å². The van der Waals surface area contributed by atoms with Crippen molar-refractivity contribution < 1.29 is 0 Å². The van der Waals surface area contributed by atoms with Crippen LogP contribution in [-0.2, 0) is 0 Å². The van der Waals surface area contributed by atoms with Gasteiger partial charge in [0.1, 0.15) is 0 Å². The monoisotopic (exact) mass is 815 g/mol. The minimum Gasteiger partial charge on any atom is -0.309 e. The molecule has 3 aromatic heterocycles. The maximum atomic E-state index is 10.6. The lowest BCUT2D eigenvalue weighted by molar-refractivity contribution is 1.16. The number of fused-ring (bicyclic) bond motifs is 6. The second kappa shape index (κ2) is 15.3. The lowest BCUT2D eigenvalue weighted by Gasteiger charge is -2.13. The highest BCUT2D eigenvalue weighted by atomic mass is 15.0. The molecule has 12 rings (SSSR count). The maximum absolute atomic E-state index is 10.6. The van der Waals surface area contributed by atoms with E-state index >= 15 is 0 Å². The molecule has 64 heavy (non-hydrogen) atoms. The number of para-hydroxylation sites is 3. The minimum atomic E-state index is 0.622. The molecule has 12 aromatic rings. The van der Waals surface area contributed by atoms with Crippen molar-refractivity contribution in [2.75, 3.05) is 0 Å². The second-order valence-electron chi connectivity index (χ2n) is 16.1. The molecule has 0 atom stereocenters. The SMILES string of the molecule is N#Cc1cc(-n2c3ccccc3c3cc(-n4c5ccccc5c5ccccc54)ccc32)ccc1-c1ccc(-c2ccc(-c3cc(-c4ccccc4)nc(-c4ccccc4)n3)cc2)cc1. The van der Waals surface area contributed by atoms with Crippen LogP contribution in [-0.4, -0.2) is 19.1 Å². The lowest BCUT2D eigenvalue weighted by Crippen LogP contribution is -1.97. The molecule has 0 bridgehead atoms. The van der Waals surface area contributed by atoms with E-state index in [1.807, 2.05) is 54.6 Å². The molecule has 9 aromatic carbocycles. The Morgan fingerprint density at radius 2 is 0.750 bits per heavy atom. The van der Waals surface area contributed by atoms with Crippen LogP contribution in [0.25, 0.3) is 111 Å². The molecule has 0 saturated carbocycles. The van der Waals surface area contributed by atoms with Crippen LogP contribution in [0.15, 0.2) is 224 Å². The van der Waals surface area contributed by atoms with E-state index in [0.29, 0.717) is 11.4 Å². The smallest absolute Gasteiger partial charge is 0.160 e. The number of benzene rings is 9. The molecule has 5 heteroatoms. The molecule has 0 aliphatic carbocycles. The van der Waals surface area contributed by atoms with Gasteiger partial charge in [-0.25, -0.2) is 9.97 Å². The molecule has 0 unspecified atom stereocenters. The van der Waals surface area contributed by atoms with Gasteiger partial charge >= 0.3 is 0 Å². The van der Waals surface area contributed by atoms with Gasteiger partial charge in [0.15, 0.2) is 5.82 Å². The largest absolute Gasteiger partial charge is 0.309 e. The van der Waals surface area contributed by atoms with E-state index in [1.165, 1.54) is 21.8 Å². The molecular formula is C59H37N5. The van der Waals surface area contributed by atoms with Crippen molar-refractivity contribution in [3.8, 4) is 73.6 Å². The third-order valence-corrected chi connectivity index (χ3v) is 12.4. The molecule has 5 nitrogen and oxygen atoms in total. The molecule has 3 heterocycles. The first kappa shape index (κ1) is 37.0. The summed E-state index contributed by atoms with van der Waals surface area (Å²) in [4.78, 5) is 9.95. The highest BCUT2D eigenvalue weighted by Gasteiger charge is 2.18. The van der Waals surface area contributed by atoms with Gasteiger partial charge in [-0.1, -0.05) is 170 Å². The van der Waals surface area contributed by atoms with Crippen molar-refractivity contribution in [1.82, 2.24) is 19.1 Å². The Kier molecular flexibility index (Phi) is 8.81. The molecule has 0 saturated heterocycles. The van der Waals surface area contributed by atoms with Gasteiger partial charge in [-0.15, -0.1) is 0 Å². The Labute approximate surface area is 370 Å². The van der Waals surface area contributed by atoms with Crippen molar-refractivity contribution in [3.05, 3.63) is 230 Å². The zero-order chi connectivity index (χ0) is 42.6. The standard InChI is InChI=1S/C59H37N5/c60-38-45-35-46(63-57-22-12-9-19-51(57)52-36-47(32-34-58(52)63)64-55-20-10-7-17-49(55)50-18-8-11-21-56(50)64)31-33-48(45)41-27-23-39(24-28-41)40-25-29-43(30-26-40)54-37-53(42-13-3-1-4-14-42)61-59(62-54)44-15-5-2-6-16-44/h1-37H. The normalized spacial score (nSPS) is 11.4. The Morgan fingerprint density at radius 1 is 0.328 bits per heavy atom. The summed E-state index contributed by atoms with van der Waals surface area (Å²) in [6, 6.07) is 80.7. The molecule has 0 aliphatic heterocycles. The maximum Gasteiger partial charge on any atom is 0.160 e. The summed E-state index contributed by atoms with van der Waals surface area (Å²) in [5, 5.41) is 15.4. The molecule has 0 fully saturated rings. The Hall–Kier alpha value is -8.85.